The van der Waals surface area contributed by atoms with E-state index in [1.54, 1.807) is 0 Å². The van der Waals surface area contributed by atoms with Crippen molar-refractivity contribution in [2.75, 3.05) is 6.54 Å². The molecule has 94 valence electrons. The Hall–Kier alpha value is -0.720. The summed E-state index contributed by atoms with van der Waals surface area (Å²) in [5.41, 5.74) is 0. The highest BCUT2D eigenvalue weighted by Gasteiger charge is 2.30. The maximum absolute atomic E-state index is 12.9. The third kappa shape index (κ3) is 3.37. The second-order valence-corrected chi connectivity index (χ2v) is 6.37. The van der Waals surface area contributed by atoms with Crippen LogP contribution in [0.1, 0.15) is 12.8 Å². The van der Waals surface area contributed by atoms with Crippen LogP contribution in [-0.2, 0) is 10.0 Å². The van der Waals surface area contributed by atoms with Crippen molar-refractivity contribution in [2.24, 2.45) is 5.92 Å². The number of pyridine rings is 1. The van der Waals surface area contributed by atoms with Crippen molar-refractivity contribution >= 4 is 21.6 Å². The van der Waals surface area contributed by atoms with Crippen LogP contribution in [0, 0.1) is 11.7 Å². The van der Waals surface area contributed by atoms with Gasteiger partial charge >= 0.3 is 0 Å². The molecule has 2 rings (SSSR count). The van der Waals surface area contributed by atoms with Crippen molar-refractivity contribution in [1.29, 1.82) is 0 Å². The van der Waals surface area contributed by atoms with E-state index in [9.17, 15) is 12.8 Å². The molecule has 1 aliphatic rings. The van der Waals surface area contributed by atoms with Crippen molar-refractivity contribution in [2.45, 2.75) is 23.1 Å². The van der Waals surface area contributed by atoms with Gasteiger partial charge in [-0.3, -0.25) is 4.98 Å². The first kappa shape index (κ1) is 12.7. The largest absolute Gasteiger partial charge is 0.260 e. The number of hydrogen-bond acceptors (Lipinski definition) is 3. The number of halogens is 2. The van der Waals surface area contributed by atoms with Gasteiger partial charge in [-0.1, -0.05) is 0 Å². The molecule has 1 heterocycles. The van der Waals surface area contributed by atoms with Crippen molar-refractivity contribution < 1.29 is 12.8 Å². The molecule has 17 heavy (non-hydrogen) atoms. The molecule has 0 bridgehead atoms. The van der Waals surface area contributed by atoms with E-state index in [0.717, 1.165) is 31.3 Å². The Morgan fingerprint density at radius 3 is 2.82 bits per heavy atom. The summed E-state index contributed by atoms with van der Waals surface area (Å²) >= 11 is 5.99. The first-order valence-electron chi connectivity index (χ1n) is 5.23. The number of nitrogens with zero attached hydrogens (tertiary/aromatic N) is 1. The molecular formula is C10H12ClFN2O2S. The SMILES string of the molecule is O=S(=O)(NCC(Cl)C1CC1)c1cncc(F)c1. The van der Waals surface area contributed by atoms with Gasteiger partial charge in [0.25, 0.3) is 0 Å². The fraction of sp³-hybridized carbons (Fsp3) is 0.500. The summed E-state index contributed by atoms with van der Waals surface area (Å²) in [4.78, 5) is 3.31. The highest BCUT2D eigenvalue weighted by molar-refractivity contribution is 7.89. The van der Waals surface area contributed by atoms with Gasteiger partial charge < -0.3 is 0 Å². The summed E-state index contributed by atoms with van der Waals surface area (Å²) in [5, 5.41) is -0.203. The Bertz CT molecular complexity index is 505. The maximum atomic E-state index is 12.9. The predicted octanol–water partition coefficient (Wildman–Crippen LogP) is 1.52. The highest BCUT2D eigenvalue weighted by atomic mass is 35.5. The minimum absolute atomic E-state index is 0.158. The zero-order valence-electron chi connectivity index (χ0n) is 8.94. The van der Waals surface area contributed by atoms with Crippen molar-refractivity contribution in [1.82, 2.24) is 9.71 Å². The lowest BCUT2D eigenvalue weighted by atomic mass is 10.3. The Kier molecular flexibility index (Phi) is 3.65. The second-order valence-electron chi connectivity index (χ2n) is 4.04. The summed E-state index contributed by atoms with van der Waals surface area (Å²) in [6.45, 7) is 0.158. The number of sulfonamides is 1. The van der Waals surface area contributed by atoms with Crippen LogP contribution in [0.3, 0.4) is 0 Å². The van der Waals surface area contributed by atoms with Crippen LogP contribution in [0.15, 0.2) is 23.4 Å². The third-order valence-electron chi connectivity index (χ3n) is 2.59. The summed E-state index contributed by atoms with van der Waals surface area (Å²) < 4.78 is 38.7. The molecule has 1 unspecified atom stereocenters. The first-order valence-corrected chi connectivity index (χ1v) is 7.15. The molecule has 1 saturated carbocycles. The monoisotopic (exact) mass is 278 g/mol. The fourth-order valence-electron chi connectivity index (χ4n) is 1.44. The van der Waals surface area contributed by atoms with Crippen LogP contribution in [0.2, 0.25) is 0 Å². The number of rotatable bonds is 5. The van der Waals surface area contributed by atoms with E-state index >= 15 is 0 Å². The molecule has 0 saturated heterocycles. The molecule has 1 N–H and O–H groups in total. The number of nitrogens with one attached hydrogen (secondary N) is 1. The zero-order valence-corrected chi connectivity index (χ0v) is 10.5. The van der Waals surface area contributed by atoms with Crippen LogP contribution in [-0.4, -0.2) is 25.3 Å². The van der Waals surface area contributed by atoms with Crippen molar-refractivity contribution in [3.63, 3.8) is 0 Å². The Morgan fingerprint density at radius 2 is 2.24 bits per heavy atom. The van der Waals surface area contributed by atoms with Crippen LogP contribution in [0.4, 0.5) is 4.39 Å². The van der Waals surface area contributed by atoms with Gasteiger partial charge in [-0.2, -0.15) is 0 Å². The average molecular weight is 279 g/mol. The van der Waals surface area contributed by atoms with E-state index in [4.69, 9.17) is 11.6 Å². The van der Waals surface area contributed by atoms with Crippen molar-refractivity contribution in [3.05, 3.63) is 24.3 Å². The van der Waals surface area contributed by atoms with E-state index in [2.05, 4.69) is 9.71 Å². The van der Waals surface area contributed by atoms with Gasteiger partial charge in [0, 0.05) is 18.1 Å². The summed E-state index contributed by atoms with van der Waals surface area (Å²) in [5.74, 6) is -0.289. The summed E-state index contributed by atoms with van der Waals surface area (Å²) in [6.07, 6.45) is 4.13. The molecule has 0 aromatic carbocycles. The Balaban J connectivity index is 2.03. The molecule has 0 aliphatic heterocycles. The fourth-order valence-corrected chi connectivity index (χ4v) is 2.89. The van der Waals surface area contributed by atoms with Crippen LogP contribution >= 0.6 is 11.6 Å². The van der Waals surface area contributed by atoms with E-state index in [-0.39, 0.29) is 16.8 Å². The van der Waals surface area contributed by atoms with Crippen molar-refractivity contribution in [3.8, 4) is 0 Å². The Morgan fingerprint density at radius 1 is 1.53 bits per heavy atom. The van der Waals surface area contributed by atoms with Gasteiger partial charge in [0.05, 0.1) is 6.20 Å². The molecule has 1 fully saturated rings. The predicted molar refractivity (Wildman–Crippen MR) is 61.7 cm³/mol. The normalized spacial score (nSPS) is 18.0. The zero-order chi connectivity index (χ0) is 12.5. The third-order valence-corrected chi connectivity index (χ3v) is 4.49. The lowest BCUT2D eigenvalue weighted by molar-refractivity contribution is 0.571. The van der Waals surface area contributed by atoms with Crippen LogP contribution in [0.25, 0.3) is 0 Å². The lowest BCUT2D eigenvalue weighted by Gasteiger charge is -2.10. The van der Waals surface area contributed by atoms with E-state index in [1.807, 2.05) is 0 Å². The van der Waals surface area contributed by atoms with E-state index in [1.165, 1.54) is 0 Å². The van der Waals surface area contributed by atoms with E-state index < -0.39 is 15.8 Å². The summed E-state index contributed by atoms with van der Waals surface area (Å²) in [6, 6.07) is 0.926. The second kappa shape index (κ2) is 4.88. The minimum Gasteiger partial charge on any atom is -0.260 e. The molecule has 1 aromatic heterocycles. The molecule has 1 atom stereocenters. The highest BCUT2D eigenvalue weighted by Crippen LogP contribution is 2.35. The van der Waals surface area contributed by atoms with Gasteiger partial charge in [-0.15, -0.1) is 11.6 Å². The van der Waals surface area contributed by atoms with Crippen LogP contribution < -0.4 is 4.72 Å². The number of aromatic nitrogens is 1. The molecule has 4 nitrogen and oxygen atoms in total. The smallest absolute Gasteiger partial charge is 0.242 e. The topological polar surface area (TPSA) is 59.1 Å². The minimum atomic E-state index is -3.72. The molecule has 1 aromatic rings. The lowest BCUT2D eigenvalue weighted by Crippen LogP contribution is -2.30. The first-order chi connectivity index (χ1) is 7.99. The van der Waals surface area contributed by atoms with Crippen LogP contribution in [0.5, 0.6) is 0 Å². The van der Waals surface area contributed by atoms with Gasteiger partial charge in [-0.05, 0) is 24.8 Å². The molecule has 0 spiro atoms. The van der Waals surface area contributed by atoms with Gasteiger partial charge in [-0.25, -0.2) is 17.5 Å². The average Bonchev–Trinajstić information content (AvgIpc) is 3.10. The van der Waals surface area contributed by atoms with E-state index in [0.29, 0.717) is 5.92 Å². The number of alkyl halides is 1. The standard InChI is InChI=1S/C10H12ClFN2O2S/c11-10(7-1-2-7)6-14-17(15,16)9-3-8(12)4-13-5-9/h3-5,7,10,14H,1-2,6H2. The molecule has 7 heteroatoms. The molecule has 0 radical (unpaired) electrons. The van der Waals surface area contributed by atoms with Gasteiger partial charge in [0.2, 0.25) is 10.0 Å². The Labute approximate surface area is 104 Å². The number of hydrogen-bond donors (Lipinski definition) is 1. The summed E-state index contributed by atoms with van der Waals surface area (Å²) in [7, 11) is -3.72. The van der Waals surface area contributed by atoms with Gasteiger partial charge in [0.15, 0.2) is 0 Å². The molecule has 0 amide bonds. The quantitative estimate of drug-likeness (QED) is 0.831. The molecule has 1 aliphatic carbocycles. The maximum Gasteiger partial charge on any atom is 0.242 e. The van der Waals surface area contributed by atoms with Gasteiger partial charge in [0.1, 0.15) is 10.7 Å². The molecular weight excluding hydrogens is 267 g/mol.